The number of carbonyl (C=O) groups excluding carboxylic acids is 2. The molecule has 31 heavy (non-hydrogen) atoms. The molecule has 0 amide bonds. The van der Waals surface area contributed by atoms with E-state index in [4.69, 9.17) is 9.47 Å². The Kier molecular flexibility index (Phi) is 6.16. The molecule has 0 saturated carbocycles. The van der Waals surface area contributed by atoms with E-state index in [1.807, 2.05) is 6.07 Å². The van der Waals surface area contributed by atoms with Crippen molar-refractivity contribution < 1.29 is 19.1 Å². The lowest BCUT2D eigenvalue weighted by molar-refractivity contribution is -0.147. The molecule has 0 N–H and O–H groups in total. The summed E-state index contributed by atoms with van der Waals surface area (Å²) in [7, 11) is 0. The van der Waals surface area contributed by atoms with E-state index in [0.717, 1.165) is 4.90 Å². The maximum absolute atomic E-state index is 13.0. The van der Waals surface area contributed by atoms with E-state index in [2.05, 4.69) is 0 Å². The summed E-state index contributed by atoms with van der Waals surface area (Å²) in [5.74, 6) is -2.26. The number of nitriles is 5. The van der Waals surface area contributed by atoms with Gasteiger partial charge in [0.25, 0.3) is 0 Å². The van der Waals surface area contributed by atoms with Gasteiger partial charge in [-0.15, -0.1) is 0 Å². The fraction of sp³-hybridized carbons (Fsp3) is 0.381. The van der Waals surface area contributed by atoms with Crippen LogP contribution in [0.1, 0.15) is 20.8 Å². The van der Waals surface area contributed by atoms with Gasteiger partial charge in [-0.2, -0.15) is 26.3 Å². The highest BCUT2D eigenvalue weighted by molar-refractivity contribution is 6.03. The van der Waals surface area contributed by atoms with Crippen molar-refractivity contribution in [1.82, 2.24) is 4.90 Å². The van der Waals surface area contributed by atoms with Crippen LogP contribution >= 0.6 is 0 Å². The molecule has 0 aromatic carbocycles. The predicted octanol–water partition coefficient (Wildman–Crippen LogP) is 1.48. The first kappa shape index (κ1) is 22.7. The smallest absolute Gasteiger partial charge is 0.355 e. The van der Waals surface area contributed by atoms with E-state index in [9.17, 15) is 35.9 Å². The van der Waals surface area contributed by atoms with Crippen LogP contribution in [0.25, 0.3) is 0 Å². The number of nitrogens with zero attached hydrogens (tertiary/aromatic N) is 6. The third kappa shape index (κ3) is 3.16. The number of hydrogen-bond acceptors (Lipinski definition) is 10. The van der Waals surface area contributed by atoms with Gasteiger partial charge >= 0.3 is 11.9 Å². The largest absolute Gasteiger partial charge is 0.461 e. The van der Waals surface area contributed by atoms with E-state index in [-0.39, 0.29) is 12.2 Å². The van der Waals surface area contributed by atoms with Crippen LogP contribution in [0.5, 0.6) is 0 Å². The Morgan fingerprint density at radius 1 is 1.10 bits per heavy atom. The van der Waals surface area contributed by atoms with Crippen LogP contribution in [0.3, 0.4) is 0 Å². The summed E-state index contributed by atoms with van der Waals surface area (Å²) in [5.41, 5.74) is -6.43. The van der Waals surface area contributed by atoms with E-state index < -0.39 is 46.2 Å². The first-order valence-corrected chi connectivity index (χ1v) is 9.09. The van der Waals surface area contributed by atoms with Crippen molar-refractivity contribution in [1.29, 1.82) is 26.3 Å². The van der Waals surface area contributed by atoms with Gasteiger partial charge in [-0.05, 0) is 32.9 Å². The molecule has 0 aromatic heterocycles. The summed E-state index contributed by atoms with van der Waals surface area (Å²) in [6.07, 6.45) is 3.02. The number of rotatable bonds is 4. The van der Waals surface area contributed by atoms with Crippen LogP contribution in [-0.4, -0.2) is 35.6 Å². The van der Waals surface area contributed by atoms with Gasteiger partial charge < -0.3 is 14.4 Å². The van der Waals surface area contributed by atoms with Crippen LogP contribution in [0.15, 0.2) is 35.2 Å². The molecule has 2 rings (SSSR count). The van der Waals surface area contributed by atoms with Gasteiger partial charge in [0.2, 0.25) is 10.8 Å². The van der Waals surface area contributed by atoms with Crippen LogP contribution in [0.4, 0.5) is 0 Å². The SMILES string of the molecule is CCOC(=O)C1=C(C(=O)OC(C)C)C(C#N)(C#N)C(C#N)(C#N)C2C=C(C#N)C=CN12. The lowest BCUT2D eigenvalue weighted by atomic mass is 9.55. The zero-order chi connectivity index (χ0) is 23.4. The molecule has 10 nitrogen and oxygen atoms in total. The number of carbonyl (C=O) groups is 2. The van der Waals surface area contributed by atoms with Gasteiger partial charge in [-0.1, -0.05) is 0 Å². The van der Waals surface area contributed by atoms with Crippen molar-refractivity contribution in [2.45, 2.75) is 32.9 Å². The Bertz CT molecular complexity index is 1100. The summed E-state index contributed by atoms with van der Waals surface area (Å²) >= 11 is 0. The quantitative estimate of drug-likeness (QED) is 0.610. The average molecular weight is 416 g/mol. The minimum absolute atomic E-state index is 0.0392. The highest BCUT2D eigenvalue weighted by Crippen LogP contribution is 2.55. The van der Waals surface area contributed by atoms with Crippen molar-refractivity contribution in [2.24, 2.45) is 10.8 Å². The third-order valence-corrected chi connectivity index (χ3v) is 4.79. The normalized spacial score (nSPS) is 20.0. The maximum atomic E-state index is 13.0. The topological polar surface area (TPSA) is 175 Å². The molecule has 154 valence electrons. The molecule has 0 aromatic rings. The van der Waals surface area contributed by atoms with Gasteiger partial charge in [0, 0.05) is 6.20 Å². The second-order valence-corrected chi connectivity index (χ2v) is 6.81. The molecule has 10 heteroatoms. The molecule has 0 spiro atoms. The molecule has 0 bridgehead atoms. The molecule has 2 aliphatic heterocycles. The minimum Gasteiger partial charge on any atom is -0.461 e. The van der Waals surface area contributed by atoms with E-state index >= 15 is 0 Å². The Morgan fingerprint density at radius 2 is 1.71 bits per heavy atom. The van der Waals surface area contributed by atoms with Gasteiger partial charge in [-0.3, -0.25) is 0 Å². The molecule has 0 radical (unpaired) electrons. The Labute approximate surface area is 178 Å². The lowest BCUT2D eigenvalue weighted by Crippen LogP contribution is -2.60. The Morgan fingerprint density at radius 3 is 2.16 bits per heavy atom. The highest BCUT2D eigenvalue weighted by Gasteiger charge is 2.69. The van der Waals surface area contributed by atoms with Crippen LogP contribution in [0, 0.1) is 67.5 Å². The van der Waals surface area contributed by atoms with Crippen molar-refractivity contribution in [3.63, 3.8) is 0 Å². The molecule has 1 atom stereocenters. The second kappa shape index (κ2) is 8.42. The lowest BCUT2D eigenvalue weighted by Gasteiger charge is -2.48. The van der Waals surface area contributed by atoms with Crippen LogP contribution in [0.2, 0.25) is 0 Å². The summed E-state index contributed by atoms with van der Waals surface area (Å²) in [6, 6.07) is 7.10. The molecule has 1 unspecified atom stereocenters. The van der Waals surface area contributed by atoms with Crippen molar-refractivity contribution in [3.05, 3.63) is 35.2 Å². The summed E-state index contributed by atoms with van der Waals surface area (Å²) < 4.78 is 10.2. The maximum Gasteiger partial charge on any atom is 0.355 e. The molecule has 0 fully saturated rings. The van der Waals surface area contributed by atoms with Crippen molar-refractivity contribution >= 4 is 11.9 Å². The molecular weight excluding hydrogens is 400 g/mol. The molecule has 2 aliphatic rings. The molecule has 2 heterocycles. The Hall–Kier alpha value is -4.59. The fourth-order valence-electron chi connectivity index (χ4n) is 3.47. The zero-order valence-corrected chi connectivity index (χ0v) is 16.9. The van der Waals surface area contributed by atoms with E-state index in [0.29, 0.717) is 0 Å². The first-order valence-electron chi connectivity index (χ1n) is 9.09. The number of allylic oxidation sites excluding steroid dienone is 2. The molecule has 0 aliphatic carbocycles. The molecular formula is C21H16N6O4. The predicted molar refractivity (Wildman–Crippen MR) is 101 cm³/mol. The highest BCUT2D eigenvalue weighted by atomic mass is 16.5. The van der Waals surface area contributed by atoms with Crippen LogP contribution < -0.4 is 0 Å². The van der Waals surface area contributed by atoms with Gasteiger partial charge in [-0.25, -0.2) is 9.59 Å². The standard InChI is InChI=1S/C21H16N6O4/c1-4-30-19(29)17-16(18(28)31-13(2)3)21(11-25,12-26)20(9-23,10-24)15-7-14(8-22)5-6-27(15)17/h5-7,13,15H,4H2,1-3H3. The Balaban J connectivity index is 3.10. The van der Waals surface area contributed by atoms with Crippen molar-refractivity contribution in [2.75, 3.05) is 6.61 Å². The molecule has 0 saturated heterocycles. The number of hydrogen-bond donors (Lipinski definition) is 0. The van der Waals surface area contributed by atoms with E-state index in [1.54, 1.807) is 24.3 Å². The average Bonchev–Trinajstić information content (AvgIpc) is 2.76. The summed E-state index contributed by atoms with van der Waals surface area (Å²) in [4.78, 5) is 27.0. The monoisotopic (exact) mass is 416 g/mol. The minimum atomic E-state index is -2.71. The van der Waals surface area contributed by atoms with E-state index in [1.165, 1.54) is 39.1 Å². The summed E-state index contributed by atoms with van der Waals surface area (Å²) in [6.45, 7) is 4.45. The fourth-order valence-corrected chi connectivity index (χ4v) is 3.47. The summed E-state index contributed by atoms with van der Waals surface area (Å²) in [5, 5.41) is 49.4. The number of ether oxygens (including phenoxy) is 2. The van der Waals surface area contributed by atoms with Crippen molar-refractivity contribution in [3.8, 4) is 30.3 Å². The number of esters is 2. The third-order valence-electron chi connectivity index (χ3n) is 4.79. The number of fused-ring (bicyclic) bond motifs is 1. The van der Waals surface area contributed by atoms with Gasteiger partial charge in [0.05, 0.1) is 54.7 Å². The van der Waals surface area contributed by atoms with Gasteiger partial charge in [0.1, 0.15) is 11.3 Å². The van der Waals surface area contributed by atoms with Gasteiger partial charge in [0.15, 0.2) is 0 Å². The first-order chi connectivity index (χ1) is 14.7. The van der Waals surface area contributed by atoms with Crippen LogP contribution in [-0.2, 0) is 19.1 Å². The second-order valence-electron chi connectivity index (χ2n) is 6.81. The zero-order valence-electron chi connectivity index (χ0n) is 16.9.